The van der Waals surface area contributed by atoms with Gasteiger partial charge in [0, 0.05) is 24.0 Å². The van der Waals surface area contributed by atoms with Gasteiger partial charge in [-0.05, 0) is 6.07 Å². The van der Waals surface area contributed by atoms with E-state index in [1.54, 1.807) is 0 Å². The number of aliphatic hydroxyl groups excluding tert-OH is 1. The molecule has 1 aromatic rings. The molecule has 4 nitrogen and oxygen atoms in total. The number of ether oxygens (including phenoxy) is 1. The van der Waals surface area contributed by atoms with Gasteiger partial charge in [-0.1, -0.05) is 6.07 Å². The second-order valence-corrected chi connectivity index (χ2v) is 4.71. The molecule has 6 heteroatoms. The molecule has 2 aliphatic heterocycles. The first-order chi connectivity index (χ1) is 8.62. The Bertz CT molecular complexity index is 471. The third kappa shape index (κ3) is 1.73. The molecule has 2 heterocycles. The summed E-state index contributed by atoms with van der Waals surface area (Å²) in [5.74, 6) is -1.38. The van der Waals surface area contributed by atoms with Gasteiger partial charge in [0.25, 0.3) is 0 Å². The first-order valence-electron chi connectivity index (χ1n) is 5.76. The van der Waals surface area contributed by atoms with Crippen LogP contribution in [0.4, 0.5) is 8.78 Å². The topological polar surface area (TPSA) is 50.7 Å². The van der Waals surface area contributed by atoms with Gasteiger partial charge in [-0.25, -0.2) is 8.78 Å². The van der Waals surface area contributed by atoms with Gasteiger partial charge >= 0.3 is 0 Å². The van der Waals surface area contributed by atoms with Crippen LogP contribution in [0.3, 0.4) is 0 Å². The lowest BCUT2D eigenvalue weighted by molar-refractivity contribution is -0.167. The fourth-order valence-corrected chi connectivity index (χ4v) is 2.66. The first kappa shape index (κ1) is 12.0. The van der Waals surface area contributed by atoms with E-state index in [2.05, 4.69) is 5.48 Å². The molecule has 2 fully saturated rings. The van der Waals surface area contributed by atoms with E-state index in [4.69, 9.17) is 9.57 Å². The van der Waals surface area contributed by atoms with Gasteiger partial charge in [-0.2, -0.15) is 5.48 Å². The number of hydrogen-bond acceptors (Lipinski definition) is 4. The lowest BCUT2D eigenvalue weighted by atomic mass is 9.77. The molecule has 0 amide bonds. The lowest BCUT2D eigenvalue weighted by Crippen LogP contribution is -2.51. The Hall–Kier alpha value is -1.08. The van der Waals surface area contributed by atoms with Crippen molar-refractivity contribution in [1.82, 2.24) is 5.48 Å². The maximum atomic E-state index is 13.9. The molecular weight excluding hydrogens is 244 g/mol. The van der Waals surface area contributed by atoms with Crippen LogP contribution in [0.2, 0.25) is 0 Å². The van der Waals surface area contributed by atoms with Crippen LogP contribution in [-0.2, 0) is 15.1 Å². The summed E-state index contributed by atoms with van der Waals surface area (Å²) in [6.45, 7) is 0.443. The predicted octanol–water partition coefficient (Wildman–Crippen LogP) is 1.05. The summed E-state index contributed by atoms with van der Waals surface area (Å²) in [7, 11) is 0. The third-order valence-electron chi connectivity index (χ3n) is 3.64. The molecule has 0 bridgehead atoms. The molecule has 3 rings (SSSR count). The number of hydroxylamine groups is 1. The standard InChI is InChI=1S/C12H13F2NO3/c13-8-1-2-9(10(14)4-8)12-6-17-11(16)3-7(12)5-18-15-12/h1-2,4,7,11,15-16H,3,5-6H2/t7-,11+,12-/m0/s1. The van der Waals surface area contributed by atoms with Crippen molar-refractivity contribution >= 4 is 0 Å². The highest BCUT2D eigenvalue weighted by molar-refractivity contribution is 5.29. The molecule has 0 radical (unpaired) electrons. The molecule has 0 saturated carbocycles. The number of hydrogen-bond donors (Lipinski definition) is 2. The lowest BCUT2D eigenvalue weighted by Gasteiger charge is -2.39. The number of aliphatic hydroxyl groups is 1. The van der Waals surface area contributed by atoms with E-state index >= 15 is 0 Å². The summed E-state index contributed by atoms with van der Waals surface area (Å²) in [5.41, 5.74) is 2.22. The molecule has 2 saturated heterocycles. The molecule has 98 valence electrons. The molecule has 18 heavy (non-hydrogen) atoms. The van der Waals surface area contributed by atoms with Crippen molar-refractivity contribution in [2.75, 3.05) is 13.2 Å². The predicted molar refractivity (Wildman–Crippen MR) is 57.2 cm³/mol. The maximum Gasteiger partial charge on any atom is 0.155 e. The smallest absolute Gasteiger partial charge is 0.155 e. The van der Waals surface area contributed by atoms with Crippen molar-refractivity contribution in [2.45, 2.75) is 18.2 Å². The van der Waals surface area contributed by atoms with Crippen LogP contribution in [0.15, 0.2) is 18.2 Å². The summed E-state index contributed by atoms with van der Waals surface area (Å²) in [6.07, 6.45) is -0.515. The first-order valence-corrected chi connectivity index (χ1v) is 5.76. The summed E-state index contributed by atoms with van der Waals surface area (Å²) >= 11 is 0. The Morgan fingerprint density at radius 1 is 1.39 bits per heavy atom. The SMILES string of the molecule is O[C@H]1C[C@H]2CON[C@@]2(c2ccc(F)cc2F)CO1. The van der Waals surface area contributed by atoms with E-state index in [0.717, 1.165) is 6.07 Å². The Balaban J connectivity index is 2.02. The van der Waals surface area contributed by atoms with Crippen LogP contribution in [0, 0.1) is 17.6 Å². The molecule has 0 aliphatic carbocycles. The van der Waals surface area contributed by atoms with E-state index in [1.165, 1.54) is 12.1 Å². The number of rotatable bonds is 1. The third-order valence-corrected chi connectivity index (χ3v) is 3.64. The molecule has 0 aromatic heterocycles. The van der Waals surface area contributed by atoms with Gasteiger partial charge in [0.05, 0.1) is 18.8 Å². The normalized spacial score (nSPS) is 35.5. The van der Waals surface area contributed by atoms with Crippen molar-refractivity contribution in [2.24, 2.45) is 5.92 Å². The minimum atomic E-state index is -0.866. The van der Waals surface area contributed by atoms with Gasteiger partial charge < -0.3 is 14.7 Å². The van der Waals surface area contributed by atoms with Crippen LogP contribution >= 0.6 is 0 Å². The van der Waals surface area contributed by atoms with Crippen molar-refractivity contribution in [3.63, 3.8) is 0 Å². The van der Waals surface area contributed by atoms with Crippen molar-refractivity contribution in [3.05, 3.63) is 35.4 Å². The average molecular weight is 257 g/mol. The number of nitrogens with one attached hydrogen (secondary N) is 1. The van der Waals surface area contributed by atoms with Gasteiger partial charge in [0.1, 0.15) is 11.6 Å². The highest BCUT2D eigenvalue weighted by Gasteiger charge is 2.51. The zero-order valence-corrected chi connectivity index (χ0v) is 9.53. The van der Waals surface area contributed by atoms with Crippen LogP contribution in [0.5, 0.6) is 0 Å². The van der Waals surface area contributed by atoms with E-state index in [1.807, 2.05) is 0 Å². The second-order valence-electron chi connectivity index (χ2n) is 4.71. The minimum absolute atomic E-state index is 0.0847. The largest absolute Gasteiger partial charge is 0.368 e. The Labute approximate surface area is 102 Å². The minimum Gasteiger partial charge on any atom is -0.368 e. The summed E-state index contributed by atoms with van der Waals surface area (Å²) in [5, 5.41) is 9.47. The van der Waals surface area contributed by atoms with Crippen LogP contribution in [-0.4, -0.2) is 24.6 Å². The Kier molecular flexibility index (Phi) is 2.82. The van der Waals surface area contributed by atoms with Gasteiger partial charge in [-0.3, -0.25) is 0 Å². The van der Waals surface area contributed by atoms with Gasteiger partial charge in [0.2, 0.25) is 0 Å². The molecule has 0 spiro atoms. The zero-order valence-electron chi connectivity index (χ0n) is 9.53. The fourth-order valence-electron chi connectivity index (χ4n) is 2.66. The quantitative estimate of drug-likeness (QED) is 0.789. The van der Waals surface area contributed by atoms with Crippen LogP contribution in [0.25, 0.3) is 0 Å². The van der Waals surface area contributed by atoms with Crippen LogP contribution in [0.1, 0.15) is 12.0 Å². The Morgan fingerprint density at radius 2 is 2.22 bits per heavy atom. The number of halogens is 2. The molecule has 3 atom stereocenters. The fraction of sp³-hybridized carbons (Fsp3) is 0.500. The average Bonchev–Trinajstić information content (AvgIpc) is 2.72. The monoisotopic (exact) mass is 257 g/mol. The molecule has 2 N–H and O–H groups in total. The van der Waals surface area contributed by atoms with Gasteiger partial charge in [0.15, 0.2) is 6.29 Å². The highest BCUT2D eigenvalue weighted by Crippen LogP contribution is 2.41. The highest BCUT2D eigenvalue weighted by atomic mass is 19.1. The van der Waals surface area contributed by atoms with E-state index < -0.39 is 23.5 Å². The summed E-state index contributed by atoms with van der Waals surface area (Å²) in [6, 6.07) is 3.43. The second kappa shape index (κ2) is 4.24. The van der Waals surface area contributed by atoms with E-state index in [-0.39, 0.29) is 12.5 Å². The number of fused-ring (bicyclic) bond motifs is 1. The maximum absolute atomic E-state index is 13.9. The van der Waals surface area contributed by atoms with Crippen molar-refractivity contribution < 1.29 is 23.5 Å². The summed E-state index contributed by atoms with van der Waals surface area (Å²) < 4.78 is 32.1. The van der Waals surface area contributed by atoms with E-state index in [0.29, 0.717) is 18.6 Å². The van der Waals surface area contributed by atoms with Gasteiger partial charge in [-0.15, -0.1) is 0 Å². The van der Waals surface area contributed by atoms with Crippen molar-refractivity contribution in [1.29, 1.82) is 0 Å². The van der Waals surface area contributed by atoms with Crippen LogP contribution < -0.4 is 5.48 Å². The zero-order chi connectivity index (χ0) is 12.8. The molecular formula is C12H13F2NO3. The molecule has 0 unspecified atom stereocenters. The van der Waals surface area contributed by atoms with Crippen molar-refractivity contribution in [3.8, 4) is 0 Å². The number of benzene rings is 1. The van der Waals surface area contributed by atoms with E-state index in [9.17, 15) is 13.9 Å². The molecule has 1 aromatic carbocycles. The summed E-state index contributed by atoms with van der Waals surface area (Å²) in [4.78, 5) is 5.18. The molecule has 2 aliphatic rings. The Morgan fingerprint density at radius 3 is 3.00 bits per heavy atom.